The molecule has 0 aliphatic carbocycles. The molecule has 11 heteroatoms. The van der Waals surface area contributed by atoms with E-state index >= 15 is 0 Å². The maximum atomic E-state index is 13.1. The summed E-state index contributed by atoms with van der Waals surface area (Å²) in [6.07, 6.45) is 0.325. The van der Waals surface area contributed by atoms with Gasteiger partial charge < -0.3 is 5.32 Å². The first kappa shape index (κ1) is 22.4. The molecule has 0 saturated carbocycles. The highest BCUT2D eigenvalue weighted by Gasteiger charge is 2.33. The van der Waals surface area contributed by atoms with Crippen LogP contribution in [0.1, 0.15) is 24.5 Å². The molecule has 1 saturated heterocycles. The second kappa shape index (κ2) is 8.24. The van der Waals surface area contributed by atoms with Crippen molar-refractivity contribution in [2.75, 3.05) is 24.6 Å². The Bertz CT molecular complexity index is 935. The molecule has 1 aromatic carbocycles. The van der Waals surface area contributed by atoms with Crippen molar-refractivity contribution >= 4 is 49.0 Å². The average molecular weight is 457 g/mol. The summed E-state index contributed by atoms with van der Waals surface area (Å²) in [7, 11) is -7.22. The van der Waals surface area contributed by atoms with Crippen molar-refractivity contribution in [3.8, 4) is 0 Å². The number of amides is 1. The van der Waals surface area contributed by atoms with E-state index in [1.807, 2.05) is 0 Å². The van der Waals surface area contributed by atoms with Crippen LogP contribution in [-0.2, 0) is 24.7 Å². The third-order valence-electron chi connectivity index (χ3n) is 4.46. The number of hydrogen-bond acceptors (Lipinski definition) is 5. The number of nitrogens with one attached hydrogen (secondary N) is 1. The molecule has 1 atom stereocenters. The Labute approximate surface area is 170 Å². The van der Waals surface area contributed by atoms with Crippen LogP contribution in [0.2, 0.25) is 10.0 Å². The Hall–Kier alpha value is -0.870. The van der Waals surface area contributed by atoms with E-state index in [0.29, 0.717) is 17.5 Å². The van der Waals surface area contributed by atoms with Crippen molar-refractivity contribution in [1.29, 1.82) is 0 Å². The number of likely N-dealkylation sites (N-methyl/N-ethyl adjacent to an activating group) is 1. The zero-order valence-corrected chi connectivity index (χ0v) is 18.4. The fraction of sp³-hybridized carbons (Fsp3) is 0.562. The largest absolute Gasteiger partial charge is 0.351 e. The smallest absolute Gasteiger partial charge is 0.245 e. The molecule has 0 bridgehead atoms. The molecule has 1 heterocycles. The topological polar surface area (TPSA) is 101 Å². The number of hydrogen-bond donors (Lipinski definition) is 1. The minimum atomic E-state index is -4.07. The van der Waals surface area contributed by atoms with E-state index in [0.717, 1.165) is 4.31 Å². The second-order valence-corrected chi connectivity index (χ2v) is 11.4. The fourth-order valence-electron chi connectivity index (χ4n) is 2.96. The number of sulfonamides is 1. The summed E-state index contributed by atoms with van der Waals surface area (Å²) in [6, 6.07) is 1.09. The number of benzene rings is 1. The van der Waals surface area contributed by atoms with E-state index in [-0.39, 0.29) is 33.0 Å². The summed E-state index contributed by atoms with van der Waals surface area (Å²) >= 11 is 12.3. The van der Waals surface area contributed by atoms with E-state index in [9.17, 15) is 21.6 Å². The summed E-state index contributed by atoms with van der Waals surface area (Å²) in [5.74, 6) is -0.671. The first-order chi connectivity index (χ1) is 12.4. The van der Waals surface area contributed by atoms with E-state index in [4.69, 9.17) is 23.2 Å². The van der Waals surface area contributed by atoms with E-state index in [1.54, 1.807) is 26.8 Å². The van der Waals surface area contributed by atoms with Gasteiger partial charge in [0.2, 0.25) is 15.9 Å². The lowest BCUT2D eigenvalue weighted by Gasteiger charge is -2.23. The van der Waals surface area contributed by atoms with Crippen molar-refractivity contribution < 1.29 is 21.6 Å². The maximum absolute atomic E-state index is 13.1. The van der Waals surface area contributed by atoms with Gasteiger partial charge in [-0.25, -0.2) is 16.8 Å². The highest BCUT2D eigenvalue weighted by atomic mass is 35.5. The van der Waals surface area contributed by atoms with E-state index < -0.39 is 38.4 Å². The van der Waals surface area contributed by atoms with Crippen LogP contribution in [0.25, 0.3) is 0 Å². The number of carbonyl (C=O) groups is 1. The van der Waals surface area contributed by atoms with Gasteiger partial charge in [0.1, 0.15) is 4.90 Å². The predicted molar refractivity (Wildman–Crippen MR) is 106 cm³/mol. The van der Waals surface area contributed by atoms with Gasteiger partial charge in [-0.3, -0.25) is 4.79 Å². The molecule has 1 N–H and O–H groups in total. The lowest BCUT2D eigenvalue weighted by atomic mass is 10.2. The van der Waals surface area contributed by atoms with E-state index in [1.165, 1.54) is 0 Å². The summed E-state index contributed by atoms with van der Waals surface area (Å²) in [4.78, 5) is 12.2. The number of nitrogens with zero attached hydrogens (tertiary/aromatic N) is 1. The molecule has 1 fully saturated rings. The quantitative estimate of drug-likeness (QED) is 0.704. The predicted octanol–water partition coefficient (Wildman–Crippen LogP) is 1.92. The third kappa shape index (κ3) is 4.95. The molecule has 152 valence electrons. The monoisotopic (exact) mass is 456 g/mol. The van der Waals surface area contributed by atoms with Gasteiger partial charge in [-0.05, 0) is 37.5 Å². The molecule has 0 spiro atoms. The van der Waals surface area contributed by atoms with Crippen LogP contribution in [-0.4, -0.2) is 57.7 Å². The fourth-order valence-corrected chi connectivity index (χ4v) is 7.20. The molecule has 1 aromatic rings. The number of halogens is 2. The van der Waals surface area contributed by atoms with Crippen molar-refractivity contribution in [3.05, 3.63) is 27.2 Å². The molecule has 0 aromatic heterocycles. The van der Waals surface area contributed by atoms with Crippen LogP contribution in [0.3, 0.4) is 0 Å². The lowest BCUT2D eigenvalue weighted by molar-refractivity contribution is -0.121. The minimum Gasteiger partial charge on any atom is -0.351 e. The Balaban J connectivity index is 2.25. The maximum Gasteiger partial charge on any atom is 0.245 e. The summed E-state index contributed by atoms with van der Waals surface area (Å²) in [6.45, 7) is 4.41. The zero-order chi connectivity index (χ0) is 20.6. The van der Waals surface area contributed by atoms with E-state index in [2.05, 4.69) is 5.32 Å². The molecule has 7 nitrogen and oxygen atoms in total. The van der Waals surface area contributed by atoms with Crippen LogP contribution in [0.4, 0.5) is 0 Å². The summed E-state index contributed by atoms with van der Waals surface area (Å²) in [5, 5.41) is 2.93. The SMILES string of the molecule is CCN(CC(=O)N[C@H]1CCS(=O)(=O)C1)S(=O)(=O)c1c(C)c(Cl)cc(C)c1Cl. The zero-order valence-electron chi connectivity index (χ0n) is 15.3. The second-order valence-electron chi connectivity index (χ2n) is 6.54. The number of carbonyl (C=O) groups excluding carboxylic acids is 1. The highest BCUT2D eigenvalue weighted by molar-refractivity contribution is 7.91. The summed E-state index contributed by atoms with van der Waals surface area (Å²) in [5.41, 5.74) is 0.829. The number of sulfone groups is 1. The molecule has 0 radical (unpaired) electrons. The molecule has 0 unspecified atom stereocenters. The Morgan fingerprint density at radius 1 is 1.33 bits per heavy atom. The Morgan fingerprint density at radius 3 is 2.48 bits per heavy atom. The molecular formula is C16H22Cl2N2O5S2. The van der Waals surface area contributed by atoms with Gasteiger partial charge in [-0.15, -0.1) is 0 Å². The van der Waals surface area contributed by atoms with Crippen molar-refractivity contribution in [3.63, 3.8) is 0 Å². The molecule has 1 aliphatic rings. The van der Waals surface area contributed by atoms with Crippen molar-refractivity contribution in [1.82, 2.24) is 9.62 Å². The standard InChI is InChI=1S/C16H22Cl2N2O5S2/c1-4-20(8-14(21)19-12-5-6-26(22,23)9-12)27(24,25)16-11(3)13(17)7-10(2)15(16)18/h7,12H,4-6,8-9H2,1-3H3,(H,19,21)/t12-/m0/s1. The molecule has 1 aliphatic heterocycles. The first-order valence-electron chi connectivity index (χ1n) is 8.34. The third-order valence-corrected chi connectivity index (χ3v) is 9.31. The first-order valence-corrected chi connectivity index (χ1v) is 12.4. The van der Waals surface area contributed by atoms with Crippen LogP contribution < -0.4 is 5.32 Å². The average Bonchev–Trinajstić information content (AvgIpc) is 2.89. The van der Waals surface area contributed by atoms with Crippen LogP contribution in [0, 0.1) is 13.8 Å². The van der Waals surface area contributed by atoms with Gasteiger partial charge in [0.25, 0.3) is 0 Å². The Morgan fingerprint density at radius 2 is 1.96 bits per heavy atom. The molecule has 1 amide bonds. The molecule has 27 heavy (non-hydrogen) atoms. The molecular weight excluding hydrogens is 435 g/mol. The van der Waals surface area contributed by atoms with Gasteiger partial charge >= 0.3 is 0 Å². The normalized spacial score (nSPS) is 19.4. The lowest BCUT2D eigenvalue weighted by Crippen LogP contribution is -2.44. The van der Waals surface area contributed by atoms with Gasteiger partial charge in [-0.1, -0.05) is 30.1 Å². The van der Waals surface area contributed by atoms with Gasteiger partial charge in [-0.2, -0.15) is 4.31 Å². The van der Waals surface area contributed by atoms with Crippen LogP contribution >= 0.6 is 23.2 Å². The van der Waals surface area contributed by atoms with Crippen molar-refractivity contribution in [2.24, 2.45) is 0 Å². The van der Waals surface area contributed by atoms with Gasteiger partial charge in [0, 0.05) is 17.6 Å². The van der Waals surface area contributed by atoms with Crippen molar-refractivity contribution in [2.45, 2.75) is 38.1 Å². The minimum absolute atomic E-state index is 0.0182. The summed E-state index contributed by atoms with van der Waals surface area (Å²) < 4.78 is 50.2. The Kier molecular flexibility index (Phi) is 6.85. The number of aryl methyl sites for hydroxylation is 1. The van der Waals surface area contributed by atoms with Crippen LogP contribution in [0.5, 0.6) is 0 Å². The van der Waals surface area contributed by atoms with Crippen LogP contribution in [0.15, 0.2) is 11.0 Å². The van der Waals surface area contributed by atoms with Gasteiger partial charge in [0.15, 0.2) is 9.84 Å². The molecule has 2 rings (SSSR count). The van der Waals surface area contributed by atoms with Gasteiger partial charge in [0.05, 0.1) is 23.1 Å². The highest BCUT2D eigenvalue weighted by Crippen LogP contribution is 2.35. The number of rotatable bonds is 6.